The molecule has 0 radical (unpaired) electrons. The van der Waals surface area contributed by atoms with E-state index in [0.717, 1.165) is 17.1 Å². The SMILES string of the molecule is CCOc1cc(C)ccc1NCc1cccc(OC)n1. The summed E-state index contributed by atoms with van der Waals surface area (Å²) in [6.45, 7) is 5.31. The van der Waals surface area contributed by atoms with E-state index in [1.807, 2.05) is 37.3 Å². The number of pyridine rings is 1. The lowest BCUT2D eigenvalue weighted by atomic mass is 10.2. The number of hydrogen-bond acceptors (Lipinski definition) is 4. The first-order chi connectivity index (χ1) is 9.72. The molecule has 4 nitrogen and oxygen atoms in total. The smallest absolute Gasteiger partial charge is 0.213 e. The van der Waals surface area contributed by atoms with Crippen molar-refractivity contribution in [3.63, 3.8) is 0 Å². The van der Waals surface area contributed by atoms with Crippen molar-refractivity contribution in [3.05, 3.63) is 47.7 Å². The van der Waals surface area contributed by atoms with Gasteiger partial charge in [-0.1, -0.05) is 12.1 Å². The minimum Gasteiger partial charge on any atom is -0.492 e. The Hall–Kier alpha value is -2.23. The van der Waals surface area contributed by atoms with E-state index in [4.69, 9.17) is 9.47 Å². The van der Waals surface area contributed by atoms with Gasteiger partial charge in [0.05, 0.1) is 31.6 Å². The first-order valence-electron chi connectivity index (χ1n) is 6.70. The minimum atomic E-state index is 0.623. The third-order valence-corrected chi connectivity index (χ3v) is 2.89. The van der Waals surface area contributed by atoms with Crippen LogP contribution in [0.1, 0.15) is 18.2 Å². The van der Waals surface area contributed by atoms with E-state index in [1.165, 1.54) is 5.56 Å². The molecule has 1 N–H and O–H groups in total. The van der Waals surface area contributed by atoms with Crippen LogP contribution in [0.15, 0.2) is 36.4 Å². The van der Waals surface area contributed by atoms with E-state index in [0.29, 0.717) is 19.0 Å². The number of ether oxygens (including phenoxy) is 2. The lowest BCUT2D eigenvalue weighted by Crippen LogP contribution is -2.05. The summed E-state index contributed by atoms with van der Waals surface area (Å²) in [5.74, 6) is 1.49. The highest BCUT2D eigenvalue weighted by atomic mass is 16.5. The number of aryl methyl sites for hydroxylation is 1. The average Bonchev–Trinajstić information content (AvgIpc) is 2.47. The third-order valence-electron chi connectivity index (χ3n) is 2.89. The maximum Gasteiger partial charge on any atom is 0.213 e. The first kappa shape index (κ1) is 14.2. The molecule has 0 fully saturated rings. The zero-order valence-electron chi connectivity index (χ0n) is 12.1. The van der Waals surface area contributed by atoms with Gasteiger partial charge in [0.1, 0.15) is 5.75 Å². The average molecular weight is 272 g/mol. The molecule has 0 aliphatic carbocycles. The summed E-state index contributed by atoms with van der Waals surface area (Å²) in [5, 5.41) is 3.35. The molecule has 0 spiro atoms. The summed E-state index contributed by atoms with van der Waals surface area (Å²) in [7, 11) is 1.62. The molecule has 1 aromatic heterocycles. The summed E-state index contributed by atoms with van der Waals surface area (Å²) in [6.07, 6.45) is 0. The molecule has 0 saturated carbocycles. The van der Waals surface area contributed by atoms with Gasteiger partial charge >= 0.3 is 0 Å². The van der Waals surface area contributed by atoms with E-state index in [2.05, 4.69) is 23.3 Å². The molecule has 0 bridgehead atoms. The Morgan fingerprint density at radius 1 is 1.20 bits per heavy atom. The van der Waals surface area contributed by atoms with Crippen molar-refractivity contribution in [2.75, 3.05) is 19.0 Å². The number of methoxy groups -OCH3 is 1. The second kappa shape index (κ2) is 6.80. The Bertz CT molecular complexity index is 570. The van der Waals surface area contributed by atoms with Gasteiger partial charge in [0.2, 0.25) is 5.88 Å². The second-order valence-electron chi connectivity index (χ2n) is 4.46. The maximum absolute atomic E-state index is 5.64. The minimum absolute atomic E-state index is 0.623. The topological polar surface area (TPSA) is 43.4 Å². The van der Waals surface area contributed by atoms with Crippen molar-refractivity contribution in [1.82, 2.24) is 4.98 Å². The Morgan fingerprint density at radius 3 is 2.80 bits per heavy atom. The quantitative estimate of drug-likeness (QED) is 0.875. The van der Waals surface area contributed by atoms with Crippen LogP contribution >= 0.6 is 0 Å². The van der Waals surface area contributed by atoms with Gasteiger partial charge in [-0.2, -0.15) is 0 Å². The van der Waals surface area contributed by atoms with Gasteiger partial charge in [-0.25, -0.2) is 4.98 Å². The molecule has 0 aliphatic heterocycles. The highest BCUT2D eigenvalue weighted by Gasteiger charge is 2.04. The Balaban J connectivity index is 2.09. The fourth-order valence-corrected chi connectivity index (χ4v) is 1.91. The fourth-order valence-electron chi connectivity index (χ4n) is 1.91. The summed E-state index contributed by atoms with van der Waals surface area (Å²) in [5.41, 5.74) is 3.08. The number of nitrogens with one attached hydrogen (secondary N) is 1. The van der Waals surface area contributed by atoms with Crippen molar-refractivity contribution >= 4 is 5.69 Å². The molecule has 0 aliphatic rings. The Morgan fingerprint density at radius 2 is 2.05 bits per heavy atom. The van der Waals surface area contributed by atoms with Crippen molar-refractivity contribution in [2.45, 2.75) is 20.4 Å². The molecule has 20 heavy (non-hydrogen) atoms. The number of anilines is 1. The second-order valence-corrected chi connectivity index (χ2v) is 4.46. The van der Waals surface area contributed by atoms with Crippen LogP contribution < -0.4 is 14.8 Å². The zero-order chi connectivity index (χ0) is 14.4. The largest absolute Gasteiger partial charge is 0.492 e. The number of nitrogens with zero attached hydrogens (tertiary/aromatic N) is 1. The molecular formula is C16H20N2O2. The summed E-state index contributed by atoms with van der Waals surface area (Å²) in [6, 6.07) is 11.8. The van der Waals surface area contributed by atoms with Crippen molar-refractivity contribution in [1.29, 1.82) is 0 Å². The van der Waals surface area contributed by atoms with Gasteiger partial charge < -0.3 is 14.8 Å². The fraction of sp³-hybridized carbons (Fsp3) is 0.312. The van der Waals surface area contributed by atoms with E-state index in [1.54, 1.807) is 7.11 Å². The van der Waals surface area contributed by atoms with Crippen LogP contribution in [0, 0.1) is 6.92 Å². The van der Waals surface area contributed by atoms with Crippen LogP contribution in [0.4, 0.5) is 5.69 Å². The molecule has 0 amide bonds. The lowest BCUT2D eigenvalue weighted by Gasteiger charge is -2.13. The van der Waals surface area contributed by atoms with E-state index < -0.39 is 0 Å². The van der Waals surface area contributed by atoms with Crippen LogP contribution in [-0.4, -0.2) is 18.7 Å². The Kier molecular flexibility index (Phi) is 4.82. The van der Waals surface area contributed by atoms with Gasteiger partial charge in [-0.3, -0.25) is 0 Å². The molecule has 4 heteroatoms. The van der Waals surface area contributed by atoms with Gasteiger partial charge in [-0.05, 0) is 37.6 Å². The molecule has 0 atom stereocenters. The third kappa shape index (κ3) is 3.63. The maximum atomic E-state index is 5.64. The zero-order valence-corrected chi connectivity index (χ0v) is 12.1. The monoisotopic (exact) mass is 272 g/mol. The molecule has 2 rings (SSSR count). The van der Waals surface area contributed by atoms with Crippen LogP contribution in [0.25, 0.3) is 0 Å². The standard InChI is InChI=1S/C16H20N2O2/c1-4-20-15-10-12(2)8-9-14(15)17-11-13-6-5-7-16(18-13)19-3/h5-10,17H,4,11H2,1-3H3. The first-order valence-corrected chi connectivity index (χ1v) is 6.70. The molecule has 2 aromatic rings. The highest BCUT2D eigenvalue weighted by molar-refractivity contribution is 5.57. The lowest BCUT2D eigenvalue weighted by molar-refractivity contribution is 0.341. The van der Waals surface area contributed by atoms with E-state index in [9.17, 15) is 0 Å². The van der Waals surface area contributed by atoms with Crippen molar-refractivity contribution < 1.29 is 9.47 Å². The van der Waals surface area contributed by atoms with E-state index in [-0.39, 0.29) is 0 Å². The van der Waals surface area contributed by atoms with Crippen molar-refractivity contribution in [3.8, 4) is 11.6 Å². The van der Waals surface area contributed by atoms with E-state index >= 15 is 0 Å². The number of hydrogen-bond donors (Lipinski definition) is 1. The summed E-state index contributed by atoms with van der Waals surface area (Å²) in [4.78, 5) is 4.37. The molecule has 1 aromatic carbocycles. The number of rotatable bonds is 6. The summed E-state index contributed by atoms with van der Waals surface area (Å²) < 4.78 is 10.8. The van der Waals surface area contributed by atoms with Crippen LogP contribution in [0.2, 0.25) is 0 Å². The number of benzene rings is 1. The van der Waals surface area contributed by atoms with Gasteiger partial charge in [-0.15, -0.1) is 0 Å². The normalized spacial score (nSPS) is 10.2. The van der Waals surface area contributed by atoms with Crippen LogP contribution in [0.5, 0.6) is 11.6 Å². The van der Waals surface area contributed by atoms with Crippen LogP contribution in [-0.2, 0) is 6.54 Å². The molecule has 106 valence electrons. The van der Waals surface area contributed by atoms with Crippen LogP contribution in [0.3, 0.4) is 0 Å². The van der Waals surface area contributed by atoms with Crippen molar-refractivity contribution in [2.24, 2.45) is 0 Å². The molecule has 0 saturated heterocycles. The van der Waals surface area contributed by atoms with Gasteiger partial charge in [0.15, 0.2) is 0 Å². The molecule has 0 unspecified atom stereocenters. The van der Waals surface area contributed by atoms with Gasteiger partial charge in [0, 0.05) is 6.07 Å². The van der Waals surface area contributed by atoms with Gasteiger partial charge in [0.25, 0.3) is 0 Å². The molecule has 1 heterocycles. The summed E-state index contributed by atoms with van der Waals surface area (Å²) >= 11 is 0. The number of aromatic nitrogens is 1. The Labute approximate surface area is 119 Å². The predicted octanol–water partition coefficient (Wildman–Crippen LogP) is 3.41. The highest BCUT2D eigenvalue weighted by Crippen LogP contribution is 2.26. The predicted molar refractivity (Wildman–Crippen MR) is 80.5 cm³/mol. The molecular weight excluding hydrogens is 252 g/mol.